The molecule has 2 rings (SSSR count). The van der Waals surface area contributed by atoms with Crippen LogP contribution in [0.15, 0.2) is 12.2 Å². The fourth-order valence-electron chi connectivity index (χ4n) is 2.24. The Kier molecular flexibility index (Phi) is 4.72. The number of quaternary nitrogens is 1. The van der Waals surface area contributed by atoms with Crippen LogP contribution < -0.4 is 0 Å². The Morgan fingerprint density at radius 1 is 1.09 bits per heavy atom. The van der Waals surface area contributed by atoms with Crippen molar-refractivity contribution in [2.45, 2.75) is 18.6 Å². The van der Waals surface area contributed by atoms with Crippen molar-refractivity contribution < 1.29 is 23.1 Å². The summed E-state index contributed by atoms with van der Waals surface area (Å²) in [5.41, 5.74) is 0. The summed E-state index contributed by atoms with van der Waals surface area (Å²) in [7, 11) is 3.97. The number of amides is 4. The highest BCUT2D eigenvalue weighted by molar-refractivity contribution is 7.95. The van der Waals surface area contributed by atoms with Crippen molar-refractivity contribution in [3.63, 3.8) is 0 Å². The van der Waals surface area contributed by atoms with Crippen molar-refractivity contribution in [1.82, 2.24) is 9.80 Å². The van der Waals surface area contributed by atoms with Crippen LogP contribution in [0.5, 0.6) is 0 Å². The van der Waals surface area contributed by atoms with Gasteiger partial charge < -0.3 is 0 Å². The zero-order valence-corrected chi connectivity index (χ0v) is 13.8. The number of carbonyl (C=O) groups excluding carboxylic acids is 4. The number of likely N-dealkylation sites (tertiary alicyclic amines) is 1. The van der Waals surface area contributed by atoms with Crippen molar-refractivity contribution >= 4 is 35.6 Å². The molecule has 120 valence electrons. The summed E-state index contributed by atoms with van der Waals surface area (Å²) >= 11 is 1.45. The van der Waals surface area contributed by atoms with Crippen LogP contribution in [0.1, 0.15) is 13.3 Å². The molecular weight excluding hydrogens is 306 g/mol. The molecule has 0 aromatic rings. The van der Waals surface area contributed by atoms with Crippen LogP contribution >= 0.6 is 11.9 Å². The standard InChI is InChI=1S/C14H20N3O4S/c1-4-17(2,3)22-10-9-13(20)16(14(10)21)8-7-15-11(18)5-6-12(15)19/h5-6,10H,4,7-9H2,1-3H3/q+1. The molecule has 8 heteroatoms. The van der Waals surface area contributed by atoms with E-state index in [0.717, 1.165) is 16.3 Å². The first kappa shape index (κ1) is 16.7. The number of hydrogen-bond donors (Lipinski definition) is 0. The monoisotopic (exact) mass is 326 g/mol. The molecular formula is C14H20N3O4S+. The van der Waals surface area contributed by atoms with E-state index >= 15 is 0 Å². The maximum absolute atomic E-state index is 12.3. The Labute approximate surface area is 133 Å². The Hall–Kier alpha value is -1.67. The molecule has 0 N–H and O–H groups in total. The van der Waals surface area contributed by atoms with Crippen LogP contribution in [0.25, 0.3) is 0 Å². The Morgan fingerprint density at radius 2 is 1.64 bits per heavy atom. The van der Waals surface area contributed by atoms with Gasteiger partial charge in [0.25, 0.3) is 11.8 Å². The SMILES string of the molecule is CC[N+](C)(C)SC1CC(=O)N(CCN2C(=O)C=CC2=O)C1=O. The van der Waals surface area contributed by atoms with E-state index < -0.39 is 17.1 Å². The van der Waals surface area contributed by atoms with Crippen molar-refractivity contribution in [1.29, 1.82) is 0 Å². The summed E-state index contributed by atoms with van der Waals surface area (Å²) in [6, 6.07) is 0. The van der Waals surface area contributed by atoms with Gasteiger partial charge in [-0.1, -0.05) is 0 Å². The van der Waals surface area contributed by atoms with E-state index in [4.69, 9.17) is 0 Å². The first-order valence-corrected chi connectivity index (χ1v) is 7.98. The number of rotatable bonds is 6. The molecule has 2 aliphatic rings. The van der Waals surface area contributed by atoms with Crippen LogP contribution in [0.2, 0.25) is 0 Å². The molecule has 2 heterocycles. The third-order valence-corrected chi connectivity index (χ3v) is 5.28. The van der Waals surface area contributed by atoms with Gasteiger partial charge in [-0.2, -0.15) is 0 Å². The van der Waals surface area contributed by atoms with Crippen LogP contribution in [-0.2, 0) is 19.2 Å². The van der Waals surface area contributed by atoms with E-state index in [9.17, 15) is 19.2 Å². The van der Waals surface area contributed by atoms with Gasteiger partial charge in [0.2, 0.25) is 11.8 Å². The third-order valence-electron chi connectivity index (χ3n) is 3.82. The largest absolute Gasteiger partial charge is 0.280 e. The molecule has 1 fully saturated rings. The van der Waals surface area contributed by atoms with Gasteiger partial charge in [-0.25, -0.2) is 0 Å². The smallest absolute Gasteiger partial charge is 0.253 e. The topological polar surface area (TPSA) is 74.8 Å². The summed E-state index contributed by atoms with van der Waals surface area (Å²) in [6.45, 7) is 2.97. The zero-order valence-electron chi connectivity index (χ0n) is 12.9. The van der Waals surface area contributed by atoms with Crippen LogP contribution in [-0.4, -0.2) is 76.3 Å². The molecule has 4 amide bonds. The molecule has 0 spiro atoms. The Morgan fingerprint density at radius 3 is 2.18 bits per heavy atom. The molecule has 0 aromatic carbocycles. The van der Waals surface area contributed by atoms with Crippen LogP contribution in [0.4, 0.5) is 0 Å². The number of hydrogen-bond acceptors (Lipinski definition) is 5. The molecule has 0 saturated carbocycles. The van der Waals surface area contributed by atoms with Gasteiger partial charge in [-0.3, -0.25) is 32.9 Å². The van der Waals surface area contributed by atoms with E-state index in [2.05, 4.69) is 0 Å². The summed E-state index contributed by atoms with van der Waals surface area (Å²) < 4.78 is 0.588. The molecule has 7 nitrogen and oxygen atoms in total. The zero-order chi connectivity index (χ0) is 16.5. The minimum absolute atomic E-state index is 0.0472. The number of nitrogens with zero attached hydrogens (tertiary/aromatic N) is 3. The highest BCUT2D eigenvalue weighted by atomic mass is 32.2. The average molecular weight is 326 g/mol. The van der Waals surface area contributed by atoms with Gasteiger partial charge in [-0.05, 0) is 6.92 Å². The maximum Gasteiger partial charge on any atom is 0.253 e. The fourth-order valence-corrected chi connectivity index (χ4v) is 3.51. The van der Waals surface area contributed by atoms with E-state index in [1.807, 2.05) is 21.0 Å². The van der Waals surface area contributed by atoms with E-state index in [1.165, 1.54) is 24.1 Å². The van der Waals surface area contributed by atoms with E-state index in [1.54, 1.807) is 0 Å². The van der Waals surface area contributed by atoms with Gasteiger partial charge in [-0.15, -0.1) is 0 Å². The van der Waals surface area contributed by atoms with Gasteiger partial charge >= 0.3 is 0 Å². The summed E-state index contributed by atoms with van der Waals surface area (Å²) in [4.78, 5) is 49.5. The second kappa shape index (κ2) is 6.21. The lowest BCUT2D eigenvalue weighted by molar-refractivity contribution is -0.748. The normalized spacial score (nSPS) is 22.4. The molecule has 0 aromatic heterocycles. The van der Waals surface area contributed by atoms with Crippen LogP contribution in [0.3, 0.4) is 0 Å². The highest BCUT2D eigenvalue weighted by Gasteiger charge is 2.43. The molecule has 22 heavy (non-hydrogen) atoms. The molecule has 0 bridgehead atoms. The molecule has 1 saturated heterocycles. The second-order valence-corrected chi connectivity index (χ2v) is 7.50. The quantitative estimate of drug-likeness (QED) is 0.383. The lowest BCUT2D eigenvalue weighted by Crippen LogP contribution is -2.42. The number of carbonyl (C=O) groups is 4. The molecule has 0 radical (unpaired) electrons. The van der Waals surface area contributed by atoms with Crippen molar-refractivity contribution in [3.8, 4) is 0 Å². The summed E-state index contributed by atoms with van der Waals surface area (Å²) in [6.07, 6.45) is 2.55. The number of imide groups is 2. The van der Waals surface area contributed by atoms with Gasteiger partial charge in [0.15, 0.2) is 0 Å². The van der Waals surface area contributed by atoms with E-state index in [0.29, 0.717) is 3.89 Å². The predicted octanol–water partition coefficient (Wildman–Crippen LogP) is -0.217. The molecule has 0 aliphatic carbocycles. The van der Waals surface area contributed by atoms with Gasteiger partial charge in [0, 0.05) is 25.2 Å². The van der Waals surface area contributed by atoms with Gasteiger partial charge in [0.05, 0.1) is 39.0 Å². The Balaban J connectivity index is 1.95. The summed E-state index contributed by atoms with van der Waals surface area (Å²) in [5, 5.41) is -0.398. The maximum atomic E-state index is 12.3. The van der Waals surface area contributed by atoms with Crippen molar-refractivity contribution in [3.05, 3.63) is 12.2 Å². The van der Waals surface area contributed by atoms with Crippen molar-refractivity contribution in [2.24, 2.45) is 0 Å². The lowest BCUT2D eigenvalue weighted by Gasteiger charge is -2.27. The third kappa shape index (κ3) is 3.38. The predicted molar refractivity (Wildman–Crippen MR) is 81.2 cm³/mol. The van der Waals surface area contributed by atoms with E-state index in [-0.39, 0.29) is 31.3 Å². The fraction of sp³-hybridized carbons (Fsp3) is 0.571. The Bertz CT molecular complexity index is 540. The summed E-state index contributed by atoms with van der Waals surface area (Å²) in [5.74, 6) is -1.29. The highest BCUT2D eigenvalue weighted by Crippen LogP contribution is 2.30. The van der Waals surface area contributed by atoms with Crippen LogP contribution in [0, 0.1) is 0 Å². The minimum atomic E-state index is -0.404. The second-order valence-electron chi connectivity index (χ2n) is 5.73. The average Bonchev–Trinajstić information content (AvgIpc) is 2.90. The lowest BCUT2D eigenvalue weighted by atomic mass is 10.4. The van der Waals surface area contributed by atoms with Crippen molar-refractivity contribution in [2.75, 3.05) is 33.7 Å². The molecule has 1 unspecified atom stereocenters. The first-order chi connectivity index (χ1) is 10.2. The molecule has 2 aliphatic heterocycles. The van der Waals surface area contributed by atoms with Gasteiger partial charge in [0.1, 0.15) is 5.25 Å². The first-order valence-electron chi connectivity index (χ1n) is 7.14. The molecule has 1 atom stereocenters. The minimum Gasteiger partial charge on any atom is -0.280 e.